The zero-order valence-electron chi connectivity index (χ0n) is 10.7. The molecule has 0 saturated carbocycles. The fourth-order valence-corrected chi connectivity index (χ4v) is 2.66. The second-order valence-corrected chi connectivity index (χ2v) is 4.82. The van der Waals surface area contributed by atoms with Crippen LogP contribution in [0.4, 0.5) is 11.4 Å². The number of aromatic nitrogens is 1. The molecule has 1 aromatic carbocycles. The molecule has 98 valence electrons. The number of nitrogen functional groups attached to an aromatic ring is 1. The molecule has 2 aromatic rings. The molecule has 0 spiro atoms. The van der Waals surface area contributed by atoms with Gasteiger partial charge in [-0.1, -0.05) is 18.2 Å². The third-order valence-corrected chi connectivity index (χ3v) is 3.63. The van der Waals surface area contributed by atoms with Crippen LogP contribution in [0, 0.1) is 0 Å². The molecule has 4 nitrogen and oxygen atoms in total. The summed E-state index contributed by atoms with van der Waals surface area (Å²) in [6, 6.07) is 11.3. The third-order valence-electron chi connectivity index (χ3n) is 3.63. The molecule has 0 fully saturated rings. The Morgan fingerprint density at radius 3 is 2.84 bits per heavy atom. The molecule has 0 saturated heterocycles. The van der Waals surface area contributed by atoms with E-state index in [9.17, 15) is 4.79 Å². The van der Waals surface area contributed by atoms with Gasteiger partial charge in [0, 0.05) is 31.9 Å². The Morgan fingerprint density at radius 2 is 2.00 bits per heavy atom. The Balaban J connectivity index is 1.77. The summed E-state index contributed by atoms with van der Waals surface area (Å²) < 4.78 is 1.73. The molecular weight excluding hydrogens is 238 g/mol. The van der Waals surface area contributed by atoms with Gasteiger partial charge in [-0.2, -0.15) is 0 Å². The zero-order valence-corrected chi connectivity index (χ0v) is 10.7. The van der Waals surface area contributed by atoms with Crippen molar-refractivity contribution in [2.45, 2.75) is 13.0 Å². The topological polar surface area (TPSA) is 51.3 Å². The Kier molecular flexibility index (Phi) is 2.99. The summed E-state index contributed by atoms with van der Waals surface area (Å²) in [6.45, 7) is 2.48. The largest absolute Gasteiger partial charge is 0.397 e. The lowest BCUT2D eigenvalue weighted by Crippen LogP contribution is -2.29. The van der Waals surface area contributed by atoms with Crippen LogP contribution in [0.3, 0.4) is 0 Å². The lowest BCUT2D eigenvalue weighted by molar-refractivity contribution is 0.648. The highest BCUT2D eigenvalue weighted by Gasteiger charge is 2.20. The molecule has 0 aliphatic carbocycles. The molecule has 0 atom stereocenters. The van der Waals surface area contributed by atoms with Gasteiger partial charge in [0.25, 0.3) is 5.56 Å². The maximum atomic E-state index is 11.7. The maximum Gasteiger partial charge on any atom is 0.250 e. The van der Waals surface area contributed by atoms with Gasteiger partial charge in [0.1, 0.15) is 0 Å². The van der Waals surface area contributed by atoms with Crippen molar-refractivity contribution in [2.24, 2.45) is 0 Å². The summed E-state index contributed by atoms with van der Waals surface area (Å²) in [5.41, 5.74) is 9.38. The van der Waals surface area contributed by atoms with Crippen LogP contribution in [0.5, 0.6) is 0 Å². The number of rotatable bonds is 3. The second-order valence-electron chi connectivity index (χ2n) is 4.82. The third kappa shape index (κ3) is 2.21. The quantitative estimate of drug-likeness (QED) is 0.845. The molecule has 0 unspecified atom stereocenters. The number of nitrogens with two attached hydrogens (primary N) is 1. The van der Waals surface area contributed by atoms with Gasteiger partial charge in [0.2, 0.25) is 0 Å². The fraction of sp³-hybridized carbons (Fsp3) is 0.267. The zero-order chi connectivity index (χ0) is 13.2. The van der Waals surface area contributed by atoms with Crippen molar-refractivity contribution in [1.29, 1.82) is 0 Å². The van der Waals surface area contributed by atoms with E-state index in [2.05, 4.69) is 11.0 Å². The number of para-hydroxylation sites is 1. The molecule has 4 heteroatoms. The van der Waals surface area contributed by atoms with Crippen LogP contribution in [0.1, 0.15) is 5.56 Å². The van der Waals surface area contributed by atoms with E-state index in [1.165, 1.54) is 5.56 Å². The fourth-order valence-electron chi connectivity index (χ4n) is 2.66. The van der Waals surface area contributed by atoms with Gasteiger partial charge in [-0.25, -0.2) is 0 Å². The molecule has 2 N–H and O–H groups in total. The minimum atomic E-state index is 0.0444. The summed E-state index contributed by atoms with van der Waals surface area (Å²) in [4.78, 5) is 13.9. The molecule has 1 aliphatic rings. The van der Waals surface area contributed by atoms with E-state index < -0.39 is 0 Å². The Labute approximate surface area is 112 Å². The molecule has 19 heavy (non-hydrogen) atoms. The number of anilines is 2. The summed E-state index contributed by atoms with van der Waals surface area (Å²) in [7, 11) is 0. The van der Waals surface area contributed by atoms with Crippen LogP contribution < -0.4 is 16.2 Å². The average Bonchev–Trinajstić information content (AvgIpc) is 2.83. The molecule has 0 amide bonds. The molecular formula is C15H17N3O. The van der Waals surface area contributed by atoms with Gasteiger partial charge in [0.05, 0.1) is 11.4 Å². The van der Waals surface area contributed by atoms with Crippen LogP contribution in [0.25, 0.3) is 0 Å². The summed E-state index contributed by atoms with van der Waals surface area (Å²) in [5.74, 6) is 0. The van der Waals surface area contributed by atoms with E-state index in [1.54, 1.807) is 16.7 Å². The van der Waals surface area contributed by atoms with Crippen LogP contribution >= 0.6 is 0 Å². The second kappa shape index (κ2) is 4.80. The van der Waals surface area contributed by atoms with Crippen molar-refractivity contribution in [1.82, 2.24) is 4.57 Å². The highest BCUT2D eigenvalue weighted by molar-refractivity contribution is 5.74. The number of hydrogen-bond acceptors (Lipinski definition) is 3. The summed E-state index contributed by atoms with van der Waals surface area (Å²) in [5, 5.41) is 0. The standard InChI is InChI=1S/C15H17N3O/c16-13-5-3-4-12-7-9-18(15(12)13)11-10-17-8-2-1-6-14(17)19/h1-6,8H,7,9-11,16H2. The number of nitrogens with zero attached hydrogens (tertiary/aromatic N) is 2. The first-order valence-corrected chi connectivity index (χ1v) is 6.53. The van der Waals surface area contributed by atoms with Gasteiger partial charge in [-0.15, -0.1) is 0 Å². The van der Waals surface area contributed by atoms with E-state index in [-0.39, 0.29) is 5.56 Å². The first-order chi connectivity index (χ1) is 9.25. The van der Waals surface area contributed by atoms with Gasteiger partial charge in [0.15, 0.2) is 0 Å². The molecule has 0 radical (unpaired) electrons. The molecule has 3 rings (SSSR count). The van der Waals surface area contributed by atoms with E-state index >= 15 is 0 Å². The highest BCUT2D eigenvalue weighted by Crippen LogP contribution is 2.33. The first-order valence-electron chi connectivity index (χ1n) is 6.53. The van der Waals surface area contributed by atoms with Crippen molar-refractivity contribution < 1.29 is 0 Å². The van der Waals surface area contributed by atoms with Gasteiger partial charge >= 0.3 is 0 Å². The van der Waals surface area contributed by atoms with Crippen LogP contribution in [-0.2, 0) is 13.0 Å². The van der Waals surface area contributed by atoms with Crippen molar-refractivity contribution in [2.75, 3.05) is 23.7 Å². The molecule has 1 aliphatic heterocycles. The normalized spacial score (nSPS) is 13.6. The van der Waals surface area contributed by atoms with Crippen molar-refractivity contribution >= 4 is 11.4 Å². The average molecular weight is 255 g/mol. The SMILES string of the molecule is Nc1cccc2c1N(CCn1ccccc1=O)CC2. The van der Waals surface area contributed by atoms with Crippen LogP contribution in [0.15, 0.2) is 47.4 Å². The predicted octanol–water partition coefficient (Wildman–Crippen LogP) is 1.49. The maximum absolute atomic E-state index is 11.7. The van der Waals surface area contributed by atoms with Crippen molar-refractivity contribution in [3.8, 4) is 0 Å². The van der Waals surface area contributed by atoms with E-state index in [0.717, 1.165) is 30.9 Å². The Bertz CT molecular complexity index is 648. The number of fused-ring (bicyclic) bond motifs is 1. The molecule has 0 bridgehead atoms. The van der Waals surface area contributed by atoms with E-state index in [0.29, 0.717) is 6.54 Å². The number of pyridine rings is 1. The van der Waals surface area contributed by atoms with Crippen molar-refractivity contribution in [3.05, 3.63) is 58.5 Å². The lowest BCUT2D eigenvalue weighted by atomic mass is 10.1. The van der Waals surface area contributed by atoms with Gasteiger partial charge in [-0.3, -0.25) is 4.79 Å². The minimum absolute atomic E-state index is 0.0444. The predicted molar refractivity (Wildman–Crippen MR) is 77.5 cm³/mol. The van der Waals surface area contributed by atoms with Gasteiger partial charge < -0.3 is 15.2 Å². The number of benzene rings is 1. The number of hydrogen-bond donors (Lipinski definition) is 1. The minimum Gasteiger partial charge on any atom is -0.397 e. The molecule has 1 aromatic heterocycles. The van der Waals surface area contributed by atoms with Crippen LogP contribution in [0.2, 0.25) is 0 Å². The summed E-state index contributed by atoms with van der Waals surface area (Å²) >= 11 is 0. The monoisotopic (exact) mass is 255 g/mol. The Hall–Kier alpha value is -2.23. The lowest BCUT2D eigenvalue weighted by Gasteiger charge is -2.21. The first kappa shape index (κ1) is 11.8. The van der Waals surface area contributed by atoms with Gasteiger partial charge in [-0.05, 0) is 24.1 Å². The Morgan fingerprint density at radius 1 is 1.11 bits per heavy atom. The van der Waals surface area contributed by atoms with E-state index in [1.807, 2.05) is 24.4 Å². The van der Waals surface area contributed by atoms with Crippen LogP contribution in [-0.4, -0.2) is 17.7 Å². The smallest absolute Gasteiger partial charge is 0.250 e. The van der Waals surface area contributed by atoms with E-state index in [4.69, 9.17) is 5.73 Å². The highest BCUT2D eigenvalue weighted by atomic mass is 16.1. The summed E-state index contributed by atoms with van der Waals surface area (Å²) in [6.07, 6.45) is 2.86. The van der Waals surface area contributed by atoms with Crippen molar-refractivity contribution in [3.63, 3.8) is 0 Å². The molecule has 2 heterocycles.